The van der Waals surface area contributed by atoms with Gasteiger partial charge >= 0.3 is 0 Å². The smallest absolute Gasteiger partial charge is 0.124 e. The third-order valence-electron chi connectivity index (χ3n) is 3.76. The summed E-state index contributed by atoms with van der Waals surface area (Å²) in [5, 5.41) is 0. The van der Waals surface area contributed by atoms with Crippen molar-refractivity contribution >= 4 is 6.29 Å². The van der Waals surface area contributed by atoms with E-state index in [1.165, 1.54) is 0 Å². The SMILES string of the molecule is O=CCc1cc(OCc2ccccc2)cc(OCc2ccccc2)c1. The van der Waals surface area contributed by atoms with Gasteiger partial charge in [-0.3, -0.25) is 0 Å². The molecule has 126 valence electrons. The Morgan fingerprint density at radius 3 is 1.56 bits per heavy atom. The molecule has 0 aliphatic carbocycles. The van der Waals surface area contributed by atoms with E-state index in [1.807, 2.05) is 78.9 Å². The highest BCUT2D eigenvalue weighted by atomic mass is 16.5. The first-order chi connectivity index (χ1) is 12.3. The third-order valence-corrected chi connectivity index (χ3v) is 3.76. The molecule has 0 fully saturated rings. The summed E-state index contributed by atoms with van der Waals surface area (Å²) in [6.45, 7) is 0.951. The maximum absolute atomic E-state index is 10.9. The van der Waals surface area contributed by atoms with E-state index in [2.05, 4.69) is 0 Å². The van der Waals surface area contributed by atoms with Gasteiger partial charge in [-0.1, -0.05) is 60.7 Å². The van der Waals surface area contributed by atoms with E-state index in [4.69, 9.17) is 9.47 Å². The molecule has 0 bridgehead atoms. The number of benzene rings is 3. The number of ether oxygens (including phenoxy) is 2. The van der Waals surface area contributed by atoms with Crippen LogP contribution in [0.15, 0.2) is 78.9 Å². The zero-order chi connectivity index (χ0) is 17.3. The molecule has 3 rings (SSSR count). The Morgan fingerprint density at radius 2 is 1.12 bits per heavy atom. The average molecular weight is 332 g/mol. The maximum Gasteiger partial charge on any atom is 0.124 e. The molecule has 0 saturated heterocycles. The van der Waals surface area contributed by atoms with Crippen LogP contribution in [0.4, 0.5) is 0 Å². The van der Waals surface area contributed by atoms with E-state index >= 15 is 0 Å². The number of carbonyl (C=O) groups is 1. The molecule has 0 aliphatic rings. The molecule has 0 atom stereocenters. The largest absolute Gasteiger partial charge is 0.489 e. The van der Waals surface area contributed by atoms with Crippen molar-refractivity contribution in [2.75, 3.05) is 0 Å². The van der Waals surface area contributed by atoms with Gasteiger partial charge in [-0.2, -0.15) is 0 Å². The van der Waals surface area contributed by atoms with E-state index in [0.29, 0.717) is 31.1 Å². The van der Waals surface area contributed by atoms with Gasteiger partial charge in [0.1, 0.15) is 31.0 Å². The lowest BCUT2D eigenvalue weighted by Gasteiger charge is -2.12. The van der Waals surface area contributed by atoms with Crippen LogP contribution < -0.4 is 9.47 Å². The van der Waals surface area contributed by atoms with Crippen molar-refractivity contribution in [3.05, 3.63) is 95.6 Å². The summed E-state index contributed by atoms with van der Waals surface area (Å²) in [5.41, 5.74) is 3.06. The molecule has 3 nitrogen and oxygen atoms in total. The highest BCUT2D eigenvalue weighted by Gasteiger charge is 2.05. The fourth-order valence-corrected chi connectivity index (χ4v) is 2.49. The Labute approximate surface area is 147 Å². The Hall–Kier alpha value is -3.07. The van der Waals surface area contributed by atoms with E-state index in [9.17, 15) is 4.79 Å². The number of carbonyl (C=O) groups excluding carboxylic acids is 1. The minimum Gasteiger partial charge on any atom is -0.489 e. The van der Waals surface area contributed by atoms with Crippen LogP contribution in [0, 0.1) is 0 Å². The maximum atomic E-state index is 10.9. The van der Waals surface area contributed by atoms with Gasteiger partial charge < -0.3 is 14.3 Å². The summed E-state index contributed by atoms with van der Waals surface area (Å²) in [5.74, 6) is 1.40. The molecule has 0 saturated carbocycles. The minimum absolute atomic E-state index is 0.338. The summed E-state index contributed by atoms with van der Waals surface area (Å²) in [7, 11) is 0. The van der Waals surface area contributed by atoms with Crippen molar-refractivity contribution in [1.82, 2.24) is 0 Å². The van der Waals surface area contributed by atoms with E-state index in [1.54, 1.807) is 0 Å². The topological polar surface area (TPSA) is 35.5 Å². The Balaban J connectivity index is 1.71. The summed E-state index contributed by atoms with van der Waals surface area (Å²) < 4.78 is 11.8. The van der Waals surface area contributed by atoms with Crippen molar-refractivity contribution in [1.29, 1.82) is 0 Å². The van der Waals surface area contributed by atoms with Gasteiger partial charge in [-0.25, -0.2) is 0 Å². The predicted molar refractivity (Wildman–Crippen MR) is 97.8 cm³/mol. The van der Waals surface area contributed by atoms with Crippen LogP contribution >= 0.6 is 0 Å². The molecule has 0 unspecified atom stereocenters. The molecule has 3 aromatic carbocycles. The molecule has 0 heterocycles. The number of hydrogen-bond acceptors (Lipinski definition) is 3. The highest BCUT2D eigenvalue weighted by molar-refractivity contribution is 5.56. The summed E-state index contributed by atoms with van der Waals surface area (Å²) in [4.78, 5) is 10.9. The number of hydrogen-bond donors (Lipinski definition) is 0. The second-order valence-electron chi connectivity index (χ2n) is 5.73. The van der Waals surface area contributed by atoms with Crippen LogP contribution in [0.5, 0.6) is 11.5 Å². The molecule has 0 radical (unpaired) electrons. The zero-order valence-electron chi connectivity index (χ0n) is 13.9. The van der Waals surface area contributed by atoms with Crippen molar-refractivity contribution < 1.29 is 14.3 Å². The minimum atomic E-state index is 0.338. The lowest BCUT2D eigenvalue weighted by molar-refractivity contribution is -0.107. The van der Waals surface area contributed by atoms with Crippen molar-refractivity contribution in [3.8, 4) is 11.5 Å². The predicted octanol–water partition coefficient (Wildman–Crippen LogP) is 4.59. The normalized spacial score (nSPS) is 10.2. The molecular formula is C22H20O3. The Morgan fingerprint density at radius 1 is 0.640 bits per heavy atom. The van der Waals surface area contributed by atoms with Crippen molar-refractivity contribution in [2.45, 2.75) is 19.6 Å². The third kappa shape index (κ3) is 5.21. The molecule has 0 amide bonds. The standard InChI is InChI=1S/C22H20O3/c23-12-11-20-13-21(24-16-18-7-3-1-4-8-18)15-22(14-20)25-17-19-9-5-2-6-10-19/h1-10,12-15H,11,16-17H2. The van der Waals surface area contributed by atoms with Gasteiger partial charge in [-0.05, 0) is 28.8 Å². The molecule has 0 N–H and O–H groups in total. The van der Waals surface area contributed by atoms with E-state index in [-0.39, 0.29) is 0 Å². The first kappa shape index (κ1) is 16.8. The van der Waals surface area contributed by atoms with Gasteiger partial charge in [0, 0.05) is 12.5 Å². The first-order valence-electron chi connectivity index (χ1n) is 8.24. The number of aldehydes is 1. The highest BCUT2D eigenvalue weighted by Crippen LogP contribution is 2.25. The van der Waals surface area contributed by atoms with Gasteiger partial charge in [0.15, 0.2) is 0 Å². The molecule has 25 heavy (non-hydrogen) atoms. The number of rotatable bonds is 8. The molecule has 0 aliphatic heterocycles. The summed E-state index contributed by atoms with van der Waals surface area (Å²) in [6, 6.07) is 25.6. The second-order valence-corrected chi connectivity index (χ2v) is 5.73. The van der Waals surface area contributed by atoms with E-state index < -0.39 is 0 Å². The molecule has 3 heteroatoms. The molecular weight excluding hydrogens is 312 g/mol. The lowest BCUT2D eigenvalue weighted by Crippen LogP contribution is -1.99. The summed E-state index contributed by atoms with van der Waals surface area (Å²) >= 11 is 0. The van der Waals surface area contributed by atoms with Crippen LogP contribution in [0.2, 0.25) is 0 Å². The molecule has 3 aromatic rings. The van der Waals surface area contributed by atoms with E-state index in [0.717, 1.165) is 23.0 Å². The van der Waals surface area contributed by atoms with Crippen LogP contribution in [0.25, 0.3) is 0 Å². The van der Waals surface area contributed by atoms with Crippen LogP contribution in [-0.2, 0) is 24.4 Å². The first-order valence-corrected chi connectivity index (χ1v) is 8.24. The second kappa shape index (κ2) is 8.69. The molecule has 0 spiro atoms. The fraction of sp³-hybridized carbons (Fsp3) is 0.136. The van der Waals surface area contributed by atoms with Gasteiger partial charge in [0.2, 0.25) is 0 Å². The van der Waals surface area contributed by atoms with Crippen molar-refractivity contribution in [3.63, 3.8) is 0 Å². The van der Waals surface area contributed by atoms with Crippen LogP contribution in [0.3, 0.4) is 0 Å². The van der Waals surface area contributed by atoms with Gasteiger partial charge in [-0.15, -0.1) is 0 Å². The zero-order valence-corrected chi connectivity index (χ0v) is 13.9. The van der Waals surface area contributed by atoms with Crippen LogP contribution in [-0.4, -0.2) is 6.29 Å². The van der Waals surface area contributed by atoms with Crippen LogP contribution in [0.1, 0.15) is 16.7 Å². The average Bonchev–Trinajstić information content (AvgIpc) is 2.67. The quantitative estimate of drug-likeness (QED) is 0.566. The summed E-state index contributed by atoms with van der Waals surface area (Å²) in [6.07, 6.45) is 1.22. The van der Waals surface area contributed by atoms with Gasteiger partial charge in [0.25, 0.3) is 0 Å². The fourth-order valence-electron chi connectivity index (χ4n) is 2.49. The van der Waals surface area contributed by atoms with Crippen molar-refractivity contribution in [2.24, 2.45) is 0 Å². The van der Waals surface area contributed by atoms with Gasteiger partial charge in [0.05, 0.1) is 0 Å². The lowest BCUT2D eigenvalue weighted by atomic mass is 10.1. The molecule has 0 aromatic heterocycles. The monoisotopic (exact) mass is 332 g/mol. The Bertz CT molecular complexity index is 736. The Kier molecular flexibility index (Phi) is 5.83.